The van der Waals surface area contributed by atoms with E-state index in [1.807, 2.05) is 0 Å². The lowest BCUT2D eigenvalue weighted by molar-refractivity contribution is -0.385. The van der Waals surface area contributed by atoms with E-state index >= 15 is 0 Å². The highest BCUT2D eigenvalue weighted by Gasteiger charge is 2.17. The van der Waals surface area contributed by atoms with Crippen LogP contribution in [0.1, 0.15) is 15.9 Å². The summed E-state index contributed by atoms with van der Waals surface area (Å²) < 4.78 is 0. The number of benzene rings is 1. The summed E-state index contributed by atoms with van der Waals surface area (Å²) in [5.41, 5.74) is 11.1. The van der Waals surface area contributed by atoms with Crippen molar-refractivity contribution in [2.75, 3.05) is 5.73 Å². The Balaban J connectivity index is 2.26. The molecule has 0 bridgehead atoms. The Hall–Kier alpha value is -2.68. The minimum absolute atomic E-state index is 0.0921. The fraction of sp³-hybridized carbons (Fsp3) is 0.0833. The summed E-state index contributed by atoms with van der Waals surface area (Å²) in [6, 6.07) is 4.11. The van der Waals surface area contributed by atoms with Gasteiger partial charge >= 0.3 is 0 Å². The van der Waals surface area contributed by atoms with E-state index in [9.17, 15) is 14.9 Å². The van der Waals surface area contributed by atoms with E-state index in [1.165, 1.54) is 36.3 Å². The third-order valence-corrected chi connectivity index (χ3v) is 3.67. The number of aromatic nitrogens is 2. The molecule has 1 aromatic heterocycles. The number of rotatable bonds is 5. The van der Waals surface area contributed by atoms with E-state index in [-0.39, 0.29) is 22.8 Å². The molecule has 0 unspecified atom stereocenters. The number of carbonyl (C=O) groups excluding carboxylic acids is 1. The third-order valence-electron chi connectivity index (χ3n) is 2.62. The first-order valence-electron chi connectivity index (χ1n) is 5.75. The van der Waals surface area contributed by atoms with Gasteiger partial charge in [0.25, 0.3) is 5.69 Å². The van der Waals surface area contributed by atoms with Gasteiger partial charge in [0.15, 0.2) is 5.82 Å². The second-order valence-corrected chi connectivity index (χ2v) is 4.96. The molecule has 108 valence electrons. The molecule has 1 aromatic carbocycles. The lowest BCUT2D eigenvalue weighted by Crippen LogP contribution is -2.11. The second-order valence-electron chi connectivity index (χ2n) is 4.00. The monoisotopic (exact) mass is 305 g/mol. The number of nitro groups is 1. The van der Waals surface area contributed by atoms with Crippen molar-refractivity contribution in [2.24, 2.45) is 5.73 Å². The molecule has 0 spiro atoms. The first-order valence-corrected chi connectivity index (χ1v) is 6.74. The largest absolute Gasteiger partial charge is 0.381 e. The van der Waals surface area contributed by atoms with E-state index in [2.05, 4.69) is 9.97 Å². The maximum atomic E-state index is 11.1. The van der Waals surface area contributed by atoms with Crippen LogP contribution in [0, 0.1) is 10.1 Å². The lowest BCUT2D eigenvalue weighted by Gasteiger charge is -2.05. The van der Waals surface area contributed by atoms with Crippen LogP contribution in [-0.2, 0) is 5.75 Å². The Morgan fingerprint density at radius 1 is 1.33 bits per heavy atom. The zero-order valence-electron chi connectivity index (χ0n) is 10.7. The van der Waals surface area contributed by atoms with Gasteiger partial charge < -0.3 is 11.5 Å². The first kappa shape index (κ1) is 14.7. The van der Waals surface area contributed by atoms with Gasteiger partial charge in [-0.1, -0.05) is 17.8 Å². The van der Waals surface area contributed by atoms with Crippen LogP contribution in [0.3, 0.4) is 0 Å². The predicted octanol–water partition coefficient (Wildman–Crippen LogP) is 1.36. The van der Waals surface area contributed by atoms with Crippen LogP contribution >= 0.6 is 11.8 Å². The van der Waals surface area contributed by atoms with Gasteiger partial charge in [-0.15, -0.1) is 0 Å². The number of hydrogen-bond donors (Lipinski definition) is 2. The van der Waals surface area contributed by atoms with Gasteiger partial charge in [0.1, 0.15) is 5.03 Å². The number of hydrogen-bond acceptors (Lipinski definition) is 7. The molecule has 8 nitrogen and oxygen atoms in total. The van der Waals surface area contributed by atoms with E-state index in [0.29, 0.717) is 10.6 Å². The van der Waals surface area contributed by atoms with Gasteiger partial charge in [-0.05, 0) is 6.07 Å². The van der Waals surface area contributed by atoms with Crippen molar-refractivity contribution < 1.29 is 9.72 Å². The van der Waals surface area contributed by atoms with Crippen LogP contribution in [0.5, 0.6) is 0 Å². The Labute approximate surface area is 123 Å². The minimum Gasteiger partial charge on any atom is -0.381 e. The van der Waals surface area contributed by atoms with Crippen LogP contribution in [-0.4, -0.2) is 20.8 Å². The molecule has 1 amide bonds. The van der Waals surface area contributed by atoms with E-state index in [1.54, 1.807) is 0 Å². The highest BCUT2D eigenvalue weighted by Crippen LogP contribution is 2.29. The molecule has 0 radical (unpaired) electrons. The Morgan fingerprint density at radius 3 is 2.67 bits per heavy atom. The molecule has 0 fully saturated rings. The van der Waals surface area contributed by atoms with Crippen LogP contribution in [0.25, 0.3) is 0 Å². The summed E-state index contributed by atoms with van der Waals surface area (Å²) >= 11 is 1.23. The highest BCUT2D eigenvalue weighted by molar-refractivity contribution is 7.98. The van der Waals surface area contributed by atoms with Gasteiger partial charge in [-0.25, -0.2) is 9.97 Å². The summed E-state index contributed by atoms with van der Waals surface area (Å²) in [4.78, 5) is 29.5. The van der Waals surface area contributed by atoms with Crippen molar-refractivity contribution in [3.8, 4) is 0 Å². The number of amides is 1. The maximum absolute atomic E-state index is 11.1. The Kier molecular flexibility index (Phi) is 4.33. The molecule has 0 saturated heterocycles. The van der Waals surface area contributed by atoms with Crippen LogP contribution in [0.4, 0.5) is 11.5 Å². The second kappa shape index (κ2) is 6.18. The summed E-state index contributed by atoms with van der Waals surface area (Å²) in [7, 11) is 0. The number of nitro benzene ring substituents is 1. The van der Waals surface area contributed by atoms with Gasteiger partial charge in [-0.3, -0.25) is 14.9 Å². The molecular formula is C12H11N5O3S. The standard InChI is InChI=1S/C12H11N5O3S/c13-10-12(16-4-3-15-10)21-6-8-2-1-7(11(14)18)5-9(8)17(19)20/h1-5H,6H2,(H2,13,15)(H2,14,18). The minimum atomic E-state index is -0.713. The quantitative estimate of drug-likeness (QED) is 0.483. The van der Waals surface area contributed by atoms with Gasteiger partial charge in [0.2, 0.25) is 5.91 Å². The number of primary amides is 1. The number of thioether (sulfide) groups is 1. The summed E-state index contributed by atoms with van der Waals surface area (Å²) in [5.74, 6) is -0.174. The molecule has 2 aromatic rings. The normalized spacial score (nSPS) is 10.3. The van der Waals surface area contributed by atoms with Crippen LogP contribution < -0.4 is 11.5 Å². The van der Waals surface area contributed by atoms with E-state index in [0.717, 1.165) is 6.07 Å². The molecule has 4 N–H and O–H groups in total. The number of carbonyl (C=O) groups is 1. The zero-order chi connectivity index (χ0) is 15.4. The predicted molar refractivity (Wildman–Crippen MR) is 77.6 cm³/mol. The molecule has 0 aliphatic heterocycles. The van der Waals surface area contributed by atoms with Crippen molar-refractivity contribution in [1.29, 1.82) is 0 Å². The third kappa shape index (κ3) is 3.45. The fourth-order valence-electron chi connectivity index (χ4n) is 1.60. The molecule has 9 heteroatoms. The molecule has 0 aliphatic carbocycles. The molecule has 2 rings (SSSR count). The summed E-state index contributed by atoms with van der Waals surface area (Å²) in [5, 5.41) is 11.6. The first-order chi connectivity index (χ1) is 9.99. The topological polar surface area (TPSA) is 138 Å². The average Bonchev–Trinajstić information content (AvgIpc) is 2.46. The van der Waals surface area contributed by atoms with Gasteiger partial charge in [0.05, 0.1) is 4.92 Å². The number of nitrogens with zero attached hydrogens (tertiary/aromatic N) is 3. The fourth-order valence-corrected chi connectivity index (χ4v) is 2.47. The smallest absolute Gasteiger partial charge is 0.274 e. The maximum Gasteiger partial charge on any atom is 0.274 e. The van der Waals surface area contributed by atoms with Crippen molar-refractivity contribution in [2.45, 2.75) is 10.8 Å². The van der Waals surface area contributed by atoms with Crippen LogP contribution in [0.2, 0.25) is 0 Å². The summed E-state index contributed by atoms with van der Waals surface area (Å²) in [6.07, 6.45) is 2.95. The Bertz CT molecular complexity index is 707. The Morgan fingerprint density at radius 2 is 2.05 bits per heavy atom. The average molecular weight is 305 g/mol. The van der Waals surface area contributed by atoms with E-state index in [4.69, 9.17) is 11.5 Å². The SMILES string of the molecule is NC(=O)c1ccc(CSc2nccnc2N)c([N+](=O)[O-])c1. The molecular weight excluding hydrogens is 294 g/mol. The number of nitrogen functional groups attached to an aromatic ring is 1. The summed E-state index contributed by atoms with van der Waals surface area (Å²) in [6.45, 7) is 0. The van der Waals surface area contributed by atoms with Crippen molar-refractivity contribution >= 4 is 29.2 Å². The molecule has 1 heterocycles. The molecule has 0 saturated carbocycles. The molecule has 21 heavy (non-hydrogen) atoms. The van der Waals surface area contributed by atoms with Gasteiger partial charge in [0, 0.05) is 35.3 Å². The van der Waals surface area contributed by atoms with Crippen molar-refractivity contribution in [1.82, 2.24) is 9.97 Å². The molecule has 0 atom stereocenters. The molecule has 0 aliphatic rings. The van der Waals surface area contributed by atoms with E-state index < -0.39 is 10.8 Å². The number of anilines is 1. The van der Waals surface area contributed by atoms with Crippen molar-refractivity contribution in [3.05, 3.63) is 51.8 Å². The van der Waals surface area contributed by atoms with Crippen LogP contribution in [0.15, 0.2) is 35.6 Å². The lowest BCUT2D eigenvalue weighted by atomic mass is 10.1. The van der Waals surface area contributed by atoms with Gasteiger partial charge in [-0.2, -0.15) is 0 Å². The zero-order valence-corrected chi connectivity index (χ0v) is 11.5. The highest BCUT2D eigenvalue weighted by atomic mass is 32.2. The number of nitrogens with two attached hydrogens (primary N) is 2. The van der Waals surface area contributed by atoms with Crippen molar-refractivity contribution in [3.63, 3.8) is 0 Å².